The Kier molecular flexibility index (Phi) is 5.70. The van der Waals surface area contributed by atoms with Crippen molar-refractivity contribution in [1.82, 2.24) is 9.88 Å². The maximum Gasteiger partial charge on any atom is 0.266 e. The van der Waals surface area contributed by atoms with Crippen molar-refractivity contribution in [3.05, 3.63) is 87.8 Å². The Labute approximate surface area is 198 Å². The van der Waals surface area contributed by atoms with Gasteiger partial charge in [-0.15, -0.1) is 11.3 Å². The lowest BCUT2D eigenvalue weighted by Gasteiger charge is -2.05. The molecule has 5 nitrogen and oxygen atoms in total. The second-order valence-electron chi connectivity index (χ2n) is 6.93. The van der Waals surface area contributed by atoms with Crippen LogP contribution in [0.5, 0.6) is 0 Å². The number of nitrogens with zero attached hydrogens (tertiary/aromatic N) is 3. The van der Waals surface area contributed by atoms with Crippen molar-refractivity contribution in [2.75, 3.05) is 7.05 Å². The first kappa shape index (κ1) is 20.8. The highest BCUT2D eigenvalue weighted by molar-refractivity contribution is 8.18. The highest BCUT2D eigenvalue weighted by Gasteiger charge is 2.31. The lowest BCUT2D eigenvalue weighted by Crippen LogP contribution is -2.23. The van der Waals surface area contributed by atoms with Crippen molar-refractivity contribution in [3.63, 3.8) is 0 Å². The summed E-state index contributed by atoms with van der Waals surface area (Å²) in [6, 6.07) is 21.1. The summed E-state index contributed by atoms with van der Waals surface area (Å²) in [5.74, 6) is 1.09. The van der Waals surface area contributed by atoms with Gasteiger partial charge in [-0.3, -0.25) is 9.69 Å². The quantitative estimate of drug-likeness (QED) is 0.298. The highest BCUT2D eigenvalue weighted by Crippen LogP contribution is 2.36. The minimum Gasteiger partial charge on any atom is -0.457 e. The maximum atomic E-state index is 12.7. The number of thioether (sulfide) groups is 1. The van der Waals surface area contributed by atoms with Crippen LogP contribution in [0.2, 0.25) is 5.02 Å². The molecule has 0 N–H and O–H groups in total. The van der Waals surface area contributed by atoms with E-state index in [1.807, 2.05) is 72.1 Å². The SMILES string of the molecule is CN1C(=O)/C(=C\c2ccc(-c3ccccc3Cl)o2)S/C1=N/c1nc(-c2ccccc2)cs1. The molecule has 0 aliphatic carbocycles. The normalized spacial score (nSPS) is 16.4. The van der Waals surface area contributed by atoms with Crippen LogP contribution in [0, 0.1) is 0 Å². The number of rotatable bonds is 4. The number of hydrogen-bond acceptors (Lipinski definition) is 6. The van der Waals surface area contributed by atoms with Gasteiger partial charge in [-0.05, 0) is 36.0 Å². The predicted octanol–water partition coefficient (Wildman–Crippen LogP) is 6.96. The van der Waals surface area contributed by atoms with Crippen LogP contribution >= 0.6 is 34.7 Å². The van der Waals surface area contributed by atoms with E-state index in [4.69, 9.17) is 16.0 Å². The standard InChI is InChI=1S/C24H16ClN3O2S2/c1-28-22(29)21(13-16-11-12-20(30-16)17-9-5-6-10-18(17)25)32-24(28)27-23-26-19(14-31-23)15-7-3-2-4-8-15/h2-14H,1H3/b21-13+,27-24+. The first-order chi connectivity index (χ1) is 15.6. The van der Waals surface area contributed by atoms with Gasteiger partial charge in [0.05, 0.1) is 15.6 Å². The number of hydrogen-bond donors (Lipinski definition) is 0. The Hall–Kier alpha value is -3.13. The summed E-state index contributed by atoms with van der Waals surface area (Å²) in [7, 11) is 1.71. The van der Waals surface area contributed by atoms with Gasteiger partial charge < -0.3 is 4.42 Å². The third-order valence-electron chi connectivity index (χ3n) is 4.80. The molecular formula is C24H16ClN3O2S2. The molecule has 8 heteroatoms. The Balaban J connectivity index is 1.38. The van der Waals surface area contributed by atoms with E-state index in [1.54, 1.807) is 13.1 Å². The highest BCUT2D eigenvalue weighted by atomic mass is 35.5. The molecule has 1 aliphatic heterocycles. The molecule has 1 aliphatic rings. The fraction of sp³-hybridized carbons (Fsp3) is 0.0417. The van der Waals surface area contributed by atoms with E-state index in [0.29, 0.717) is 31.7 Å². The number of thiazole rings is 1. The number of amides is 1. The van der Waals surface area contributed by atoms with Crippen molar-refractivity contribution in [3.8, 4) is 22.6 Å². The van der Waals surface area contributed by atoms with Gasteiger partial charge in [-0.25, -0.2) is 4.98 Å². The number of halogens is 1. The molecule has 1 amide bonds. The van der Waals surface area contributed by atoms with Gasteiger partial charge in [0.2, 0.25) is 5.13 Å². The van der Waals surface area contributed by atoms with Crippen LogP contribution in [0.15, 0.2) is 86.4 Å². The van der Waals surface area contributed by atoms with E-state index in [9.17, 15) is 4.79 Å². The molecule has 0 saturated carbocycles. The Bertz CT molecular complexity index is 1360. The van der Waals surface area contributed by atoms with Crippen molar-refractivity contribution in [1.29, 1.82) is 0 Å². The number of furan rings is 1. The molecule has 2 aromatic heterocycles. The van der Waals surface area contributed by atoms with Crippen LogP contribution < -0.4 is 0 Å². The first-order valence-electron chi connectivity index (χ1n) is 9.70. The minimum absolute atomic E-state index is 0.135. The molecule has 1 fully saturated rings. The van der Waals surface area contributed by atoms with Crippen LogP contribution in [0.3, 0.4) is 0 Å². The average molecular weight is 478 g/mol. The molecule has 0 bridgehead atoms. The molecule has 158 valence electrons. The van der Waals surface area contributed by atoms with E-state index < -0.39 is 0 Å². The van der Waals surface area contributed by atoms with Gasteiger partial charge in [-0.2, -0.15) is 4.99 Å². The number of benzene rings is 2. The number of aliphatic imine (C=N–C) groups is 1. The number of carbonyl (C=O) groups is 1. The van der Waals surface area contributed by atoms with Crippen LogP contribution in [0.1, 0.15) is 5.76 Å². The fourth-order valence-electron chi connectivity index (χ4n) is 3.16. The number of likely N-dealkylation sites (N-methyl/N-ethyl adjacent to an activating group) is 1. The van der Waals surface area contributed by atoms with Gasteiger partial charge in [0, 0.05) is 29.6 Å². The van der Waals surface area contributed by atoms with Crippen LogP contribution in [-0.2, 0) is 4.79 Å². The average Bonchev–Trinajstić information content (AvgIpc) is 3.53. The van der Waals surface area contributed by atoms with Gasteiger partial charge in [-0.1, -0.05) is 54.1 Å². The van der Waals surface area contributed by atoms with Gasteiger partial charge in [0.1, 0.15) is 11.5 Å². The van der Waals surface area contributed by atoms with Crippen molar-refractivity contribution in [2.24, 2.45) is 4.99 Å². The number of amidine groups is 1. The summed E-state index contributed by atoms with van der Waals surface area (Å²) in [4.78, 5) is 24.0. The summed E-state index contributed by atoms with van der Waals surface area (Å²) in [6.07, 6.45) is 1.73. The lowest BCUT2D eigenvalue weighted by atomic mass is 10.2. The Morgan fingerprint density at radius 3 is 2.66 bits per heavy atom. The summed E-state index contributed by atoms with van der Waals surface area (Å²) in [5, 5.41) is 3.76. The van der Waals surface area contributed by atoms with Crippen molar-refractivity contribution >= 4 is 57.0 Å². The summed E-state index contributed by atoms with van der Waals surface area (Å²) in [5.41, 5.74) is 2.71. The van der Waals surface area contributed by atoms with Gasteiger partial charge in [0.25, 0.3) is 5.91 Å². The van der Waals surface area contributed by atoms with Crippen molar-refractivity contribution in [2.45, 2.75) is 0 Å². The molecule has 32 heavy (non-hydrogen) atoms. The third kappa shape index (κ3) is 4.14. The van der Waals surface area contributed by atoms with E-state index in [1.165, 1.54) is 28.0 Å². The van der Waals surface area contributed by atoms with Crippen LogP contribution in [-0.4, -0.2) is 28.0 Å². The first-order valence-corrected chi connectivity index (χ1v) is 11.8. The zero-order valence-corrected chi connectivity index (χ0v) is 19.2. The number of carbonyl (C=O) groups excluding carboxylic acids is 1. The molecule has 5 rings (SSSR count). The van der Waals surface area contributed by atoms with Crippen LogP contribution in [0.4, 0.5) is 5.13 Å². The maximum absolute atomic E-state index is 12.7. The number of aromatic nitrogens is 1. The Morgan fingerprint density at radius 2 is 1.84 bits per heavy atom. The molecule has 0 spiro atoms. The molecule has 0 unspecified atom stereocenters. The molecule has 2 aromatic carbocycles. The van der Waals surface area contributed by atoms with Crippen LogP contribution in [0.25, 0.3) is 28.7 Å². The largest absolute Gasteiger partial charge is 0.457 e. The van der Waals surface area contributed by atoms with E-state index in [2.05, 4.69) is 9.98 Å². The van der Waals surface area contributed by atoms with Gasteiger partial charge >= 0.3 is 0 Å². The van der Waals surface area contributed by atoms with Gasteiger partial charge in [0.15, 0.2) is 5.17 Å². The van der Waals surface area contributed by atoms with E-state index in [0.717, 1.165) is 16.8 Å². The van der Waals surface area contributed by atoms with E-state index in [-0.39, 0.29) is 5.91 Å². The molecular weight excluding hydrogens is 462 g/mol. The topological polar surface area (TPSA) is 58.7 Å². The summed E-state index contributed by atoms with van der Waals surface area (Å²) in [6.45, 7) is 0. The summed E-state index contributed by atoms with van der Waals surface area (Å²) < 4.78 is 5.91. The minimum atomic E-state index is -0.135. The Morgan fingerprint density at radius 1 is 1.06 bits per heavy atom. The molecule has 4 aromatic rings. The third-order valence-corrected chi connectivity index (χ3v) is 6.92. The smallest absolute Gasteiger partial charge is 0.266 e. The molecule has 0 atom stereocenters. The van der Waals surface area contributed by atoms with Crippen molar-refractivity contribution < 1.29 is 9.21 Å². The zero-order valence-electron chi connectivity index (χ0n) is 16.9. The molecule has 1 saturated heterocycles. The molecule has 0 radical (unpaired) electrons. The second-order valence-corrected chi connectivity index (χ2v) is 9.19. The zero-order chi connectivity index (χ0) is 22.1. The monoisotopic (exact) mass is 477 g/mol. The lowest BCUT2D eigenvalue weighted by molar-refractivity contribution is -0.121. The predicted molar refractivity (Wildman–Crippen MR) is 132 cm³/mol. The summed E-state index contributed by atoms with van der Waals surface area (Å²) >= 11 is 9.00. The second kappa shape index (κ2) is 8.78. The molecule has 3 heterocycles. The van der Waals surface area contributed by atoms with E-state index >= 15 is 0 Å². The fourth-order valence-corrected chi connectivity index (χ4v) is 5.09.